The van der Waals surface area contributed by atoms with E-state index in [4.69, 9.17) is 21.1 Å². The summed E-state index contributed by atoms with van der Waals surface area (Å²) in [6.07, 6.45) is 8.27. The second-order valence-corrected chi connectivity index (χ2v) is 10.2. The van der Waals surface area contributed by atoms with E-state index in [-0.39, 0.29) is 18.1 Å². The molecule has 0 aliphatic heterocycles. The highest BCUT2D eigenvalue weighted by molar-refractivity contribution is 6.31. The number of ether oxygens (including phenoxy) is 2. The van der Waals surface area contributed by atoms with Crippen LogP contribution in [0.1, 0.15) is 54.4 Å². The average molecular weight is 454 g/mol. The average Bonchev–Trinajstić information content (AvgIpc) is 2.78. The quantitative estimate of drug-likeness (QED) is 0.577. The van der Waals surface area contributed by atoms with E-state index in [0.29, 0.717) is 21.9 Å². The summed E-state index contributed by atoms with van der Waals surface area (Å²) in [4.78, 5) is 24.4. The molecule has 32 heavy (non-hydrogen) atoms. The van der Waals surface area contributed by atoms with Crippen LogP contribution in [0.4, 0.5) is 5.69 Å². The van der Waals surface area contributed by atoms with Crippen molar-refractivity contribution in [1.29, 1.82) is 0 Å². The Bertz CT molecular complexity index is 997. The predicted molar refractivity (Wildman–Crippen MR) is 123 cm³/mol. The van der Waals surface area contributed by atoms with Gasteiger partial charge in [-0.25, -0.2) is 4.79 Å². The van der Waals surface area contributed by atoms with E-state index in [2.05, 4.69) is 17.4 Å². The van der Waals surface area contributed by atoms with E-state index in [9.17, 15) is 9.59 Å². The van der Waals surface area contributed by atoms with Gasteiger partial charge in [-0.15, -0.1) is 0 Å². The summed E-state index contributed by atoms with van der Waals surface area (Å²) in [6, 6.07) is 13.0. The summed E-state index contributed by atoms with van der Waals surface area (Å²) in [6.45, 7) is -0.153. The van der Waals surface area contributed by atoms with Crippen LogP contribution >= 0.6 is 11.6 Å². The van der Waals surface area contributed by atoms with Gasteiger partial charge in [0.15, 0.2) is 6.61 Å². The lowest BCUT2D eigenvalue weighted by atomic mass is 9.48. The van der Waals surface area contributed by atoms with Crippen molar-refractivity contribution in [2.45, 2.75) is 43.9 Å². The third kappa shape index (κ3) is 4.11. The van der Waals surface area contributed by atoms with Crippen molar-refractivity contribution < 1.29 is 19.1 Å². The van der Waals surface area contributed by atoms with Crippen LogP contribution in [0.3, 0.4) is 0 Å². The molecule has 0 unspecified atom stereocenters. The largest absolute Gasteiger partial charge is 0.484 e. The number of nitrogens with one attached hydrogen (secondary N) is 1. The van der Waals surface area contributed by atoms with Crippen LogP contribution in [0.5, 0.6) is 5.75 Å². The molecule has 6 rings (SSSR count). The van der Waals surface area contributed by atoms with Gasteiger partial charge in [0.05, 0.1) is 18.4 Å². The van der Waals surface area contributed by atoms with Crippen molar-refractivity contribution in [1.82, 2.24) is 0 Å². The summed E-state index contributed by atoms with van der Waals surface area (Å²) in [5.41, 5.74) is 2.32. The molecular formula is C26H28ClNO4. The van der Waals surface area contributed by atoms with E-state index >= 15 is 0 Å². The van der Waals surface area contributed by atoms with Crippen LogP contribution in [-0.2, 0) is 14.9 Å². The molecule has 1 amide bonds. The number of benzene rings is 2. The van der Waals surface area contributed by atoms with Crippen molar-refractivity contribution in [3.8, 4) is 5.75 Å². The Kier molecular flexibility index (Phi) is 5.62. The second kappa shape index (κ2) is 8.43. The molecule has 2 aromatic carbocycles. The molecule has 6 heteroatoms. The Hall–Kier alpha value is -2.53. The fourth-order valence-electron chi connectivity index (χ4n) is 6.61. The Labute approximate surface area is 193 Å². The van der Waals surface area contributed by atoms with E-state index in [0.717, 1.165) is 17.8 Å². The molecule has 0 atom stereocenters. The molecule has 168 valence electrons. The molecule has 2 aromatic rings. The Balaban J connectivity index is 1.21. The minimum atomic E-state index is -0.566. The first-order valence-electron chi connectivity index (χ1n) is 11.4. The molecule has 4 fully saturated rings. The molecular weight excluding hydrogens is 426 g/mol. The molecule has 1 N–H and O–H groups in total. The Morgan fingerprint density at radius 1 is 1.00 bits per heavy atom. The molecule has 0 heterocycles. The first-order chi connectivity index (χ1) is 15.4. The fraction of sp³-hybridized carbons (Fsp3) is 0.462. The van der Waals surface area contributed by atoms with Crippen molar-refractivity contribution in [3.05, 3.63) is 58.6 Å². The minimum Gasteiger partial charge on any atom is -0.484 e. The first-order valence-corrected chi connectivity index (χ1v) is 11.7. The zero-order chi connectivity index (χ0) is 22.3. The van der Waals surface area contributed by atoms with Crippen molar-refractivity contribution in [2.75, 3.05) is 19.0 Å². The SMILES string of the molecule is COC(=O)c1cc(Cl)ccc1NC(=O)COc1ccc(C23CC4CC(CC(C4)C2)C3)cc1. The van der Waals surface area contributed by atoms with E-state index < -0.39 is 5.97 Å². The van der Waals surface area contributed by atoms with Crippen molar-refractivity contribution in [2.24, 2.45) is 17.8 Å². The molecule has 4 saturated carbocycles. The molecule has 5 nitrogen and oxygen atoms in total. The van der Waals surface area contributed by atoms with Crippen molar-refractivity contribution in [3.63, 3.8) is 0 Å². The highest BCUT2D eigenvalue weighted by atomic mass is 35.5. The Morgan fingerprint density at radius 3 is 2.22 bits per heavy atom. The van der Waals surface area contributed by atoms with Gasteiger partial charge < -0.3 is 14.8 Å². The van der Waals surface area contributed by atoms with Gasteiger partial charge >= 0.3 is 5.97 Å². The van der Waals surface area contributed by atoms with Gasteiger partial charge in [0.1, 0.15) is 5.75 Å². The Morgan fingerprint density at radius 2 is 1.62 bits per heavy atom. The molecule has 0 aromatic heterocycles. The van der Waals surface area contributed by atoms with E-state index in [1.807, 2.05) is 12.1 Å². The highest BCUT2D eigenvalue weighted by Gasteiger charge is 2.51. The molecule has 0 spiro atoms. The zero-order valence-electron chi connectivity index (χ0n) is 18.2. The van der Waals surface area contributed by atoms with Crippen LogP contribution in [0.2, 0.25) is 5.02 Å². The lowest BCUT2D eigenvalue weighted by Crippen LogP contribution is -2.48. The number of carbonyl (C=O) groups excluding carboxylic acids is 2. The van der Waals surface area contributed by atoms with Gasteiger partial charge in [-0.05, 0) is 97.6 Å². The first kappa shape index (κ1) is 21.3. The standard InChI is InChI=1S/C26H28ClNO4/c1-31-25(30)22-11-20(27)4-7-23(22)28-24(29)15-32-21-5-2-19(3-6-21)26-12-16-8-17(13-26)10-18(9-16)14-26/h2-7,11,16-18H,8-10,12-15H2,1H3,(H,28,29). The molecule has 0 radical (unpaired) electrons. The van der Waals surface area contributed by atoms with Gasteiger partial charge in [-0.3, -0.25) is 4.79 Å². The third-order valence-electron chi connectivity index (χ3n) is 7.54. The normalized spacial score (nSPS) is 27.8. The lowest BCUT2D eigenvalue weighted by molar-refractivity contribution is -0.118. The smallest absolute Gasteiger partial charge is 0.340 e. The predicted octanol–water partition coefficient (Wildman–Crippen LogP) is 5.61. The summed E-state index contributed by atoms with van der Waals surface area (Å²) in [5, 5.41) is 3.09. The van der Waals surface area contributed by atoms with Crippen LogP contribution in [0.25, 0.3) is 0 Å². The van der Waals surface area contributed by atoms with Crippen molar-refractivity contribution >= 4 is 29.2 Å². The van der Waals surface area contributed by atoms with Crippen LogP contribution in [-0.4, -0.2) is 25.6 Å². The van der Waals surface area contributed by atoms with Gasteiger partial charge in [0, 0.05) is 5.02 Å². The molecule has 4 aliphatic rings. The maximum Gasteiger partial charge on any atom is 0.340 e. The fourth-order valence-corrected chi connectivity index (χ4v) is 6.78. The summed E-state index contributed by atoms with van der Waals surface area (Å²) in [7, 11) is 1.28. The number of carbonyl (C=O) groups is 2. The van der Waals surface area contributed by atoms with Crippen LogP contribution < -0.4 is 10.1 Å². The summed E-state index contributed by atoms with van der Waals surface area (Å²) >= 11 is 5.96. The third-order valence-corrected chi connectivity index (χ3v) is 7.77. The van der Waals surface area contributed by atoms with Gasteiger partial charge in [0.2, 0.25) is 0 Å². The van der Waals surface area contributed by atoms with Gasteiger partial charge in [0.25, 0.3) is 5.91 Å². The van der Waals surface area contributed by atoms with Gasteiger partial charge in [-0.2, -0.15) is 0 Å². The number of methoxy groups -OCH3 is 1. The monoisotopic (exact) mass is 453 g/mol. The number of rotatable bonds is 6. The van der Waals surface area contributed by atoms with E-state index in [1.54, 1.807) is 12.1 Å². The minimum absolute atomic E-state index is 0.153. The number of amides is 1. The zero-order valence-corrected chi connectivity index (χ0v) is 19.0. The second-order valence-electron chi connectivity index (χ2n) is 9.74. The number of hydrogen-bond acceptors (Lipinski definition) is 4. The summed E-state index contributed by atoms with van der Waals surface area (Å²) in [5.74, 6) is 2.46. The summed E-state index contributed by atoms with van der Waals surface area (Å²) < 4.78 is 10.5. The van der Waals surface area contributed by atoms with Crippen LogP contribution in [0.15, 0.2) is 42.5 Å². The highest BCUT2D eigenvalue weighted by Crippen LogP contribution is 2.60. The van der Waals surface area contributed by atoms with E-state index in [1.165, 1.54) is 57.3 Å². The maximum atomic E-state index is 12.4. The number of anilines is 1. The van der Waals surface area contributed by atoms with Gasteiger partial charge in [-0.1, -0.05) is 23.7 Å². The topological polar surface area (TPSA) is 64.6 Å². The number of hydrogen-bond donors (Lipinski definition) is 1. The molecule has 4 aliphatic carbocycles. The number of esters is 1. The maximum absolute atomic E-state index is 12.4. The molecule has 0 saturated heterocycles. The molecule has 4 bridgehead atoms. The number of halogens is 1. The van der Waals surface area contributed by atoms with Crippen LogP contribution in [0, 0.1) is 17.8 Å². The lowest BCUT2D eigenvalue weighted by Gasteiger charge is -2.57.